The largest absolute Gasteiger partial charge is 0.417 e. The number of carbonyl (C=O) groups is 2. The topological polar surface area (TPSA) is 58.2 Å². The van der Waals surface area contributed by atoms with Crippen LogP contribution in [0.2, 0.25) is 10.0 Å². The van der Waals surface area contributed by atoms with Gasteiger partial charge in [0.25, 0.3) is 5.91 Å². The Morgan fingerprint density at radius 2 is 1.56 bits per heavy atom. The summed E-state index contributed by atoms with van der Waals surface area (Å²) in [5, 5.41) is 2.76. The second-order valence-corrected chi connectivity index (χ2v) is 8.79. The zero-order chi connectivity index (χ0) is 29.9. The summed E-state index contributed by atoms with van der Waals surface area (Å²) in [5.41, 5.74) is -4.31. The Hall–Kier alpha value is -3.00. The molecule has 0 spiro atoms. The highest BCUT2D eigenvalue weighted by Crippen LogP contribution is 2.41. The van der Waals surface area contributed by atoms with Crippen molar-refractivity contribution in [3.05, 3.63) is 74.3 Å². The van der Waals surface area contributed by atoms with Crippen molar-refractivity contribution in [1.29, 1.82) is 0 Å². The van der Waals surface area contributed by atoms with E-state index in [2.05, 4.69) is 0 Å². The van der Waals surface area contributed by atoms with E-state index in [-0.39, 0.29) is 27.8 Å². The number of nitrogens with one attached hydrogen (secondary N) is 2. The first kappa shape index (κ1) is 32.2. The van der Waals surface area contributed by atoms with E-state index in [0.29, 0.717) is 12.1 Å². The smallest absolute Gasteiger partial charge is 0.345 e. The van der Waals surface area contributed by atoms with Gasteiger partial charge in [0.05, 0.1) is 27.7 Å². The van der Waals surface area contributed by atoms with Gasteiger partial charge in [0, 0.05) is 5.56 Å². The zero-order valence-electron chi connectivity index (χ0n) is 19.3. The van der Waals surface area contributed by atoms with Crippen LogP contribution >= 0.6 is 23.2 Å². The Morgan fingerprint density at radius 3 is 2.08 bits per heavy atom. The van der Waals surface area contributed by atoms with Gasteiger partial charge in [-0.25, -0.2) is 4.39 Å². The molecule has 0 saturated heterocycles. The van der Waals surface area contributed by atoms with Gasteiger partial charge in [-0.2, -0.15) is 39.5 Å². The van der Waals surface area contributed by atoms with Crippen molar-refractivity contribution >= 4 is 40.8 Å². The summed E-state index contributed by atoms with van der Waals surface area (Å²) in [6.45, 7) is -1.54. The van der Waals surface area contributed by atoms with Crippen molar-refractivity contribution in [2.24, 2.45) is 0 Å². The number of benzene rings is 2. The van der Waals surface area contributed by atoms with Crippen LogP contribution in [0.5, 0.6) is 0 Å². The zero-order valence-corrected chi connectivity index (χ0v) is 20.8. The van der Waals surface area contributed by atoms with Gasteiger partial charge in [-0.15, -0.1) is 0 Å². The number of aryl methyl sites for hydroxylation is 1. The molecule has 214 valence electrons. The highest BCUT2D eigenvalue weighted by atomic mass is 35.5. The lowest BCUT2D eigenvalue weighted by molar-refractivity contribution is -0.140. The number of hydrogen-bond acceptors (Lipinski definition) is 2. The van der Waals surface area contributed by atoms with Gasteiger partial charge in [0.1, 0.15) is 18.3 Å². The molecule has 0 aliphatic rings. The average molecular weight is 613 g/mol. The van der Waals surface area contributed by atoms with Gasteiger partial charge in [-0.1, -0.05) is 35.3 Å². The Kier molecular flexibility index (Phi) is 9.93. The second kappa shape index (κ2) is 12.0. The highest BCUT2D eigenvalue weighted by molar-refractivity contribution is 6.42. The minimum absolute atomic E-state index is 0.0270. The quantitative estimate of drug-likeness (QED) is 0.320. The van der Waals surface area contributed by atoms with Crippen LogP contribution in [0.25, 0.3) is 5.83 Å². The molecule has 0 aliphatic carbocycles. The summed E-state index contributed by atoms with van der Waals surface area (Å²) < 4.78 is 133. The van der Waals surface area contributed by atoms with Gasteiger partial charge in [-0.05, 0) is 42.3 Å². The average Bonchev–Trinajstić information content (AvgIpc) is 2.80. The normalized spacial score (nSPS) is 13.7. The maximum absolute atomic E-state index is 14.9. The monoisotopic (exact) mass is 612 g/mol. The maximum Gasteiger partial charge on any atom is 0.417 e. The van der Waals surface area contributed by atoms with E-state index in [1.165, 1.54) is 12.2 Å². The fourth-order valence-corrected chi connectivity index (χ4v) is 3.58. The second-order valence-electron chi connectivity index (χ2n) is 8.00. The van der Waals surface area contributed by atoms with E-state index in [4.69, 9.17) is 23.2 Å². The van der Waals surface area contributed by atoms with Gasteiger partial charge < -0.3 is 10.6 Å². The van der Waals surface area contributed by atoms with Crippen molar-refractivity contribution < 1.29 is 53.5 Å². The molecular formula is C23H16Cl2F10N2O2. The molecule has 2 rings (SSSR count). The molecule has 16 heteroatoms. The minimum Gasteiger partial charge on any atom is -0.345 e. The van der Waals surface area contributed by atoms with Crippen molar-refractivity contribution in [2.75, 3.05) is 13.1 Å². The SMILES string of the molecule is Cc1cc(C(/C=C(\F)c2ccc(C(=O)NCC(=O)NCC(F)(F)F)c(C(F)(F)F)c2)C(F)(F)F)cc(Cl)c1Cl. The third-order valence-electron chi connectivity index (χ3n) is 5.00. The molecule has 0 fully saturated rings. The number of amides is 2. The molecule has 1 unspecified atom stereocenters. The van der Waals surface area contributed by atoms with E-state index >= 15 is 0 Å². The van der Waals surface area contributed by atoms with Gasteiger partial charge in [0.2, 0.25) is 5.91 Å². The van der Waals surface area contributed by atoms with Crippen molar-refractivity contribution in [1.82, 2.24) is 10.6 Å². The molecule has 39 heavy (non-hydrogen) atoms. The lowest BCUT2D eigenvalue weighted by Crippen LogP contribution is -2.41. The third-order valence-corrected chi connectivity index (χ3v) is 5.89. The molecule has 1 atom stereocenters. The fourth-order valence-electron chi connectivity index (χ4n) is 3.20. The molecule has 2 N–H and O–H groups in total. The van der Waals surface area contributed by atoms with E-state index in [1.54, 1.807) is 5.32 Å². The van der Waals surface area contributed by atoms with E-state index in [0.717, 1.165) is 12.1 Å². The summed E-state index contributed by atoms with van der Waals surface area (Å²) in [5.74, 6) is -7.28. The van der Waals surface area contributed by atoms with Crippen molar-refractivity contribution in [3.63, 3.8) is 0 Å². The number of rotatable bonds is 7. The minimum atomic E-state index is -5.31. The summed E-state index contributed by atoms with van der Waals surface area (Å²) in [7, 11) is 0. The predicted molar refractivity (Wildman–Crippen MR) is 122 cm³/mol. The van der Waals surface area contributed by atoms with Gasteiger partial charge in [0.15, 0.2) is 0 Å². The number of halogens is 12. The first-order chi connectivity index (χ1) is 17.7. The molecular weight excluding hydrogens is 597 g/mol. The van der Waals surface area contributed by atoms with Crippen LogP contribution in [0.3, 0.4) is 0 Å². The third kappa shape index (κ3) is 9.02. The number of carbonyl (C=O) groups excluding carboxylic acids is 2. The van der Waals surface area contributed by atoms with Crippen molar-refractivity contribution in [2.45, 2.75) is 31.4 Å². The fraction of sp³-hybridized carbons (Fsp3) is 0.304. The highest BCUT2D eigenvalue weighted by Gasteiger charge is 2.41. The van der Waals surface area contributed by atoms with Gasteiger partial charge >= 0.3 is 18.5 Å². The molecule has 0 bridgehead atoms. The molecule has 4 nitrogen and oxygen atoms in total. The Balaban J connectivity index is 2.41. The lowest BCUT2D eigenvalue weighted by Gasteiger charge is -2.19. The molecule has 0 radical (unpaired) electrons. The van der Waals surface area contributed by atoms with Crippen LogP contribution in [-0.4, -0.2) is 37.3 Å². The Bertz CT molecular complexity index is 1250. The maximum atomic E-state index is 14.9. The van der Waals surface area contributed by atoms with Crippen LogP contribution in [-0.2, 0) is 11.0 Å². The summed E-state index contributed by atoms with van der Waals surface area (Å²) in [6, 6.07) is 2.93. The van der Waals surface area contributed by atoms with Crippen LogP contribution in [0.4, 0.5) is 43.9 Å². The van der Waals surface area contributed by atoms with E-state index in [9.17, 15) is 53.5 Å². The summed E-state index contributed by atoms with van der Waals surface area (Å²) in [6.07, 6.45) is -15.2. The van der Waals surface area contributed by atoms with Crippen molar-refractivity contribution in [3.8, 4) is 0 Å². The lowest BCUT2D eigenvalue weighted by atomic mass is 9.94. The molecule has 2 amide bonds. The standard InChI is InChI=1S/C23H16Cl2F10N2O2/c1-10-4-12(6-16(24)19(10)25)14(22(30,31)32)7-17(26)11-2-3-13(15(5-11)23(33,34)35)20(39)36-8-18(38)37-9-21(27,28)29/h2-7,14H,8-9H2,1H3,(H,36,39)(H,37,38)/b17-7-. The van der Waals surface area contributed by atoms with Gasteiger partial charge in [-0.3, -0.25) is 9.59 Å². The number of alkyl halides is 9. The summed E-state index contributed by atoms with van der Waals surface area (Å²) >= 11 is 11.7. The molecule has 2 aromatic rings. The first-order valence-corrected chi connectivity index (χ1v) is 11.2. The molecule has 0 aromatic heterocycles. The van der Waals surface area contributed by atoms with Crippen LogP contribution in [0.1, 0.15) is 38.5 Å². The van der Waals surface area contributed by atoms with E-state index < -0.39 is 77.4 Å². The van der Waals surface area contributed by atoms with Crippen LogP contribution in [0.15, 0.2) is 36.4 Å². The summed E-state index contributed by atoms with van der Waals surface area (Å²) in [4.78, 5) is 23.6. The Labute approximate surface area is 223 Å². The van der Waals surface area contributed by atoms with Crippen LogP contribution in [0, 0.1) is 6.92 Å². The molecule has 0 aliphatic heterocycles. The number of allylic oxidation sites excluding steroid dienone is 1. The first-order valence-electron chi connectivity index (χ1n) is 10.4. The number of hydrogen-bond donors (Lipinski definition) is 2. The van der Waals surface area contributed by atoms with E-state index in [1.807, 2.05) is 0 Å². The molecule has 0 heterocycles. The molecule has 2 aromatic carbocycles. The molecule has 0 saturated carbocycles. The van der Waals surface area contributed by atoms with Crippen LogP contribution < -0.4 is 10.6 Å². The predicted octanol–water partition coefficient (Wildman–Crippen LogP) is 7.39. The Morgan fingerprint density at radius 1 is 0.949 bits per heavy atom.